The lowest BCUT2D eigenvalue weighted by atomic mass is 10.3. The van der Waals surface area contributed by atoms with Crippen LogP contribution in [0.1, 0.15) is 6.92 Å². The molecule has 0 rings (SSSR count). The molecule has 1 nitrogen and oxygen atoms in total. The van der Waals surface area contributed by atoms with E-state index in [9.17, 15) is 0 Å². The van der Waals surface area contributed by atoms with Crippen LogP contribution < -0.4 is 0 Å². The summed E-state index contributed by atoms with van der Waals surface area (Å²) in [4.78, 5) is 0. The summed E-state index contributed by atoms with van der Waals surface area (Å²) < 4.78 is 0. The van der Waals surface area contributed by atoms with E-state index < -0.39 is 0 Å². The molecule has 0 bridgehead atoms. The van der Waals surface area contributed by atoms with Crippen molar-refractivity contribution in [3.8, 4) is 0 Å². The van der Waals surface area contributed by atoms with Gasteiger partial charge < -0.3 is 5.48 Å². The van der Waals surface area contributed by atoms with Gasteiger partial charge in [-0.1, -0.05) is 37.0 Å². The molecule has 0 fully saturated rings. The summed E-state index contributed by atoms with van der Waals surface area (Å²) >= 11 is 0. The van der Waals surface area contributed by atoms with Gasteiger partial charge in [-0.25, -0.2) is 0 Å². The van der Waals surface area contributed by atoms with Gasteiger partial charge in [0.05, 0.1) is 0 Å². The Hall–Kier alpha value is -0.820. The Morgan fingerprint density at radius 3 is 2.12 bits per heavy atom. The van der Waals surface area contributed by atoms with Gasteiger partial charge in [0.25, 0.3) is 0 Å². The molecule has 0 unspecified atom stereocenters. The summed E-state index contributed by atoms with van der Waals surface area (Å²) in [7, 11) is 0. The lowest BCUT2D eigenvalue weighted by Crippen LogP contribution is -1.55. The van der Waals surface area contributed by atoms with Gasteiger partial charge in [-0.15, -0.1) is 0 Å². The number of hydrogen-bond acceptors (Lipinski definition) is 0. The van der Waals surface area contributed by atoms with Gasteiger partial charge in [-0.3, -0.25) is 0 Å². The smallest absolute Gasteiger partial charge is 0.0404 e. The fraction of sp³-hybridized carbons (Fsp3) is 0.143. The fourth-order valence-electron chi connectivity index (χ4n) is 0.232. The second kappa shape index (κ2) is 6.18. The first-order valence-corrected chi connectivity index (χ1v) is 2.22. The third-order valence-corrected chi connectivity index (χ3v) is 0.517. The van der Waals surface area contributed by atoms with E-state index in [0.29, 0.717) is 0 Å². The van der Waals surface area contributed by atoms with Crippen molar-refractivity contribution in [2.24, 2.45) is 0 Å². The van der Waals surface area contributed by atoms with Crippen molar-refractivity contribution < 1.29 is 5.48 Å². The number of hydrogen-bond donors (Lipinski definition) is 0. The zero-order valence-electron chi connectivity index (χ0n) is 5.15. The molecule has 1 heteroatoms. The summed E-state index contributed by atoms with van der Waals surface area (Å²) in [5.74, 6) is 0. The maximum atomic E-state index is 3.66. The first kappa shape index (κ1) is 10.2. The van der Waals surface area contributed by atoms with Crippen LogP contribution in [0, 0.1) is 0 Å². The standard InChI is InChI=1S/C7H10.H2O/c1-4-5-6-7(2)3;/h4-6H,1-2H2,3H3;1H2/b6-5-;. The molecule has 0 amide bonds. The molecule has 0 saturated carbocycles. The van der Waals surface area contributed by atoms with E-state index in [1.54, 1.807) is 6.08 Å². The number of rotatable bonds is 2. The predicted molar refractivity (Wildman–Crippen MR) is 37.8 cm³/mol. The molecule has 0 aromatic heterocycles. The van der Waals surface area contributed by atoms with Gasteiger partial charge in [0, 0.05) is 0 Å². The summed E-state index contributed by atoms with van der Waals surface area (Å²) in [6.45, 7) is 9.11. The molecule has 0 atom stereocenters. The second-order valence-electron chi connectivity index (χ2n) is 1.44. The maximum absolute atomic E-state index is 3.66. The molecule has 0 aromatic rings. The zero-order valence-corrected chi connectivity index (χ0v) is 5.15. The van der Waals surface area contributed by atoms with E-state index in [-0.39, 0.29) is 5.48 Å². The Bertz CT molecular complexity index is 101. The van der Waals surface area contributed by atoms with Gasteiger partial charge in [0.15, 0.2) is 0 Å². The minimum Gasteiger partial charge on any atom is -0.412 e. The lowest BCUT2D eigenvalue weighted by molar-refractivity contribution is 0.824. The van der Waals surface area contributed by atoms with Crippen LogP contribution in [0.3, 0.4) is 0 Å². The highest BCUT2D eigenvalue weighted by atomic mass is 16.0. The van der Waals surface area contributed by atoms with E-state index in [4.69, 9.17) is 0 Å². The van der Waals surface area contributed by atoms with Crippen LogP contribution in [0.25, 0.3) is 0 Å². The van der Waals surface area contributed by atoms with Crippen molar-refractivity contribution >= 4 is 0 Å². The van der Waals surface area contributed by atoms with Gasteiger partial charge >= 0.3 is 0 Å². The third-order valence-electron chi connectivity index (χ3n) is 0.517. The average Bonchev–Trinajstić information content (AvgIpc) is 1.61. The molecule has 46 valence electrons. The van der Waals surface area contributed by atoms with E-state index in [1.807, 2.05) is 19.1 Å². The van der Waals surface area contributed by atoms with Crippen LogP contribution in [-0.4, -0.2) is 5.48 Å². The summed E-state index contributed by atoms with van der Waals surface area (Å²) in [5.41, 5.74) is 1.06. The minimum absolute atomic E-state index is 0. The van der Waals surface area contributed by atoms with Crippen LogP contribution in [-0.2, 0) is 0 Å². The SMILES string of the molecule is C=C/C=C\C(=C)C.O. The van der Waals surface area contributed by atoms with E-state index in [0.717, 1.165) is 5.57 Å². The molecule has 2 N–H and O–H groups in total. The molecule has 0 aliphatic heterocycles. The van der Waals surface area contributed by atoms with Crippen molar-refractivity contribution in [1.82, 2.24) is 0 Å². The Kier molecular flexibility index (Phi) is 7.89. The maximum Gasteiger partial charge on any atom is -0.0404 e. The Morgan fingerprint density at radius 1 is 1.50 bits per heavy atom. The molecular weight excluding hydrogens is 100 g/mol. The average molecular weight is 112 g/mol. The van der Waals surface area contributed by atoms with Crippen molar-refractivity contribution in [3.05, 3.63) is 37.0 Å². The Balaban J connectivity index is 0. The summed E-state index contributed by atoms with van der Waals surface area (Å²) in [6.07, 6.45) is 5.50. The summed E-state index contributed by atoms with van der Waals surface area (Å²) in [5, 5.41) is 0. The molecular formula is C7H12O. The quantitative estimate of drug-likeness (QED) is 0.484. The normalized spacial score (nSPS) is 8.12. The number of allylic oxidation sites excluding steroid dienone is 4. The monoisotopic (exact) mass is 112 g/mol. The highest BCUT2D eigenvalue weighted by molar-refractivity contribution is 5.15. The highest BCUT2D eigenvalue weighted by Crippen LogP contribution is 1.86. The summed E-state index contributed by atoms with van der Waals surface area (Å²) in [6, 6.07) is 0. The molecule has 0 saturated heterocycles. The van der Waals surface area contributed by atoms with Crippen LogP contribution in [0.5, 0.6) is 0 Å². The molecule has 0 heterocycles. The Labute approximate surface area is 50.3 Å². The van der Waals surface area contributed by atoms with E-state index >= 15 is 0 Å². The van der Waals surface area contributed by atoms with Crippen molar-refractivity contribution in [1.29, 1.82) is 0 Å². The van der Waals surface area contributed by atoms with E-state index in [1.165, 1.54) is 0 Å². The highest BCUT2D eigenvalue weighted by Gasteiger charge is 1.65. The first-order chi connectivity index (χ1) is 3.27. The molecule has 0 aliphatic rings. The van der Waals surface area contributed by atoms with Crippen molar-refractivity contribution in [2.45, 2.75) is 6.92 Å². The largest absolute Gasteiger partial charge is 0.412 e. The fourth-order valence-corrected chi connectivity index (χ4v) is 0.232. The molecule has 8 heavy (non-hydrogen) atoms. The third kappa shape index (κ3) is 8.95. The zero-order chi connectivity index (χ0) is 5.70. The molecule has 0 radical (unpaired) electrons. The van der Waals surface area contributed by atoms with Crippen LogP contribution in [0.2, 0.25) is 0 Å². The molecule has 0 aliphatic carbocycles. The van der Waals surface area contributed by atoms with Crippen LogP contribution in [0.4, 0.5) is 0 Å². The second-order valence-corrected chi connectivity index (χ2v) is 1.44. The van der Waals surface area contributed by atoms with Gasteiger partial charge in [0.2, 0.25) is 0 Å². The van der Waals surface area contributed by atoms with Gasteiger partial charge in [0.1, 0.15) is 0 Å². The van der Waals surface area contributed by atoms with Gasteiger partial charge in [-0.2, -0.15) is 0 Å². The van der Waals surface area contributed by atoms with Gasteiger partial charge in [-0.05, 0) is 6.92 Å². The minimum atomic E-state index is 0. The molecule has 0 aromatic carbocycles. The lowest BCUT2D eigenvalue weighted by Gasteiger charge is -1.77. The topological polar surface area (TPSA) is 31.5 Å². The van der Waals surface area contributed by atoms with E-state index in [2.05, 4.69) is 13.2 Å². The van der Waals surface area contributed by atoms with Crippen LogP contribution >= 0.6 is 0 Å². The Morgan fingerprint density at radius 2 is 2.00 bits per heavy atom. The predicted octanol–water partition coefficient (Wildman–Crippen LogP) is 1.48. The van der Waals surface area contributed by atoms with Crippen LogP contribution in [0.15, 0.2) is 37.0 Å². The van der Waals surface area contributed by atoms with Crippen molar-refractivity contribution in [2.75, 3.05) is 0 Å². The first-order valence-electron chi connectivity index (χ1n) is 2.22. The van der Waals surface area contributed by atoms with Crippen molar-refractivity contribution in [3.63, 3.8) is 0 Å². The molecule has 0 spiro atoms.